The molecule has 2 N–H and O–H groups in total. The fraction of sp³-hybridized carbons (Fsp3) is 0.562. The van der Waals surface area contributed by atoms with Crippen LogP contribution in [0.4, 0.5) is 0 Å². The van der Waals surface area contributed by atoms with E-state index in [1.54, 1.807) is 0 Å². The lowest BCUT2D eigenvalue weighted by Crippen LogP contribution is -2.50. The second-order valence-electron chi connectivity index (χ2n) is 5.82. The Kier molecular flexibility index (Phi) is 3.92. The number of nitrogens with one attached hydrogen (secondary N) is 2. The molecule has 0 aromatic heterocycles. The van der Waals surface area contributed by atoms with Crippen molar-refractivity contribution < 1.29 is 9.53 Å². The number of carbonyl (C=O) groups is 1. The molecule has 1 aromatic rings. The maximum absolute atomic E-state index is 12.5. The average molecular weight is 274 g/mol. The second-order valence-corrected chi connectivity index (χ2v) is 5.82. The number of piperidine rings is 1. The van der Waals surface area contributed by atoms with Crippen molar-refractivity contribution >= 4 is 5.91 Å². The number of amides is 1. The van der Waals surface area contributed by atoms with Gasteiger partial charge in [0.1, 0.15) is 5.75 Å². The number of hydrogen-bond donors (Lipinski definition) is 2. The van der Waals surface area contributed by atoms with E-state index in [2.05, 4.69) is 17.6 Å². The van der Waals surface area contributed by atoms with E-state index in [-0.39, 0.29) is 17.9 Å². The average Bonchev–Trinajstić information content (AvgIpc) is 2.49. The molecule has 0 bridgehead atoms. The molecule has 0 saturated carbocycles. The van der Waals surface area contributed by atoms with Crippen LogP contribution in [0.25, 0.3) is 0 Å². The van der Waals surface area contributed by atoms with Crippen LogP contribution in [-0.4, -0.2) is 31.1 Å². The fourth-order valence-corrected chi connectivity index (χ4v) is 3.04. The lowest BCUT2D eigenvalue weighted by molar-refractivity contribution is -0.124. The molecule has 2 heterocycles. The van der Waals surface area contributed by atoms with E-state index in [1.807, 2.05) is 24.3 Å². The van der Waals surface area contributed by atoms with Crippen LogP contribution in [0.1, 0.15) is 37.7 Å². The van der Waals surface area contributed by atoms with Gasteiger partial charge in [0, 0.05) is 24.2 Å². The molecule has 0 spiro atoms. The van der Waals surface area contributed by atoms with Crippen LogP contribution in [0.3, 0.4) is 0 Å². The molecule has 2 aliphatic rings. The highest BCUT2D eigenvalue weighted by atomic mass is 16.5. The van der Waals surface area contributed by atoms with Crippen molar-refractivity contribution in [2.24, 2.45) is 0 Å². The van der Waals surface area contributed by atoms with E-state index < -0.39 is 0 Å². The Morgan fingerprint density at radius 2 is 2.15 bits per heavy atom. The molecule has 3 rings (SSSR count). The summed E-state index contributed by atoms with van der Waals surface area (Å²) in [5, 5.41) is 6.61. The number of fused-ring (bicyclic) bond motifs is 1. The normalized spacial score (nSPS) is 29.1. The van der Waals surface area contributed by atoms with Crippen molar-refractivity contribution in [2.75, 3.05) is 13.2 Å². The summed E-state index contributed by atoms with van der Waals surface area (Å²) in [4.78, 5) is 12.5. The lowest BCUT2D eigenvalue weighted by Gasteiger charge is -2.31. The molecular formula is C16H22N2O2. The first-order chi connectivity index (χ1) is 9.74. The minimum Gasteiger partial charge on any atom is -0.493 e. The van der Waals surface area contributed by atoms with Crippen LogP contribution in [0.2, 0.25) is 0 Å². The highest BCUT2D eigenvalue weighted by Gasteiger charge is 2.29. The standard InChI is InChI=1S/C16H22N2O2/c1-11-6-7-12(10-17-11)18-16(19)14-8-9-20-15-5-3-2-4-13(14)15/h2-5,11-12,14,17H,6-10H2,1H3,(H,18,19). The number of rotatable bonds is 2. The predicted molar refractivity (Wildman–Crippen MR) is 77.9 cm³/mol. The van der Waals surface area contributed by atoms with Crippen molar-refractivity contribution in [3.63, 3.8) is 0 Å². The summed E-state index contributed by atoms with van der Waals surface area (Å²) in [6.07, 6.45) is 2.94. The Balaban J connectivity index is 1.66. The molecule has 1 fully saturated rings. The van der Waals surface area contributed by atoms with Gasteiger partial charge < -0.3 is 15.4 Å². The molecule has 4 heteroatoms. The van der Waals surface area contributed by atoms with E-state index in [0.29, 0.717) is 12.6 Å². The van der Waals surface area contributed by atoms with E-state index in [1.165, 1.54) is 0 Å². The summed E-state index contributed by atoms with van der Waals surface area (Å²) >= 11 is 0. The van der Waals surface area contributed by atoms with Gasteiger partial charge in [0.15, 0.2) is 0 Å². The molecule has 1 saturated heterocycles. The first kappa shape index (κ1) is 13.4. The Morgan fingerprint density at radius 1 is 1.30 bits per heavy atom. The van der Waals surface area contributed by atoms with Gasteiger partial charge in [-0.05, 0) is 32.3 Å². The van der Waals surface area contributed by atoms with Crippen LogP contribution in [0, 0.1) is 0 Å². The van der Waals surface area contributed by atoms with Crippen LogP contribution in [0.15, 0.2) is 24.3 Å². The summed E-state index contributed by atoms with van der Waals surface area (Å²) in [7, 11) is 0. The SMILES string of the molecule is CC1CCC(NC(=O)C2CCOc3ccccc32)CN1. The van der Waals surface area contributed by atoms with Gasteiger partial charge in [-0.25, -0.2) is 0 Å². The summed E-state index contributed by atoms with van der Waals surface area (Å²) in [5.74, 6) is 0.927. The quantitative estimate of drug-likeness (QED) is 0.865. The third kappa shape index (κ3) is 2.80. The van der Waals surface area contributed by atoms with Crippen molar-refractivity contribution in [1.82, 2.24) is 10.6 Å². The van der Waals surface area contributed by atoms with Crippen molar-refractivity contribution in [3.8, 4) is 5.75 Å². The first-order valence-electron chi connectivity index (χ1n) is 7.49. The summed E-state index contributed by atoms with van der Waals surface area (Å²) < 4.78 is 5.62. The molecule has 3 unspecified atom stereocenters. The lowest BCUT2D eigenvalue weighted by atomic mass is 9.91. The van der Waals surface area contributed by atoms with E-state index in [0.717, 1.165) is 37.1 Å². The van der Waals surface area contributed by atoms with Crippen LogP contribution < -0.4 is 15.4 Å². The van der Waals surface area contributed by atoms with Gasteiger partial charge in [0.2, 0.25) is 5.91 Å². The smallest absolute Gasteiger partial charge is 0.228 e. The number of ether oxygens (including phenoxy) is 1. The molecule has 3 atom stereocenters. The van der Waals surface area contributed by atoms with E-state index >= 15 is 0 Å². The minimum atomic E-state index is -0.0701. The molecule has 1 amide bonds. The van der Waals surface area contributed by atoms with Crippen LogP contribution in [0.5, 0.6) is 5.75 Å². The molecule has 20 heavy (non-hydrogen) atoms. The number of hydrogen-bond acceptors (Lipinski definition) is 3. The number of para-hydroxylation sites is 1. The topological polar surface area (TPSA) is 50.4 Å². The van der Waals surface area contributed by atoms with Crippen molar-refractivity contribution in [2.45, 2.75) is 44.2 Å². The number of benzene rings is 1. The Morgan fingerprint density at radius 3 is 2.95 bits per heavy atom. The Hall–Kier alpha value is -1.55. The highest BCUT2D eigenvalue weighted by molar-refractivity contribution is 5.85. The molecule has 2 aliphatic heterocycles. The molecule has 108 valence electrons. The zero-order chi connectivity index (χ0) is 13.9. The van der Waals surface area contributed by atoms with Gasteiger partial charge in [0.25, 0.3) is 0 Å². The summed E-state index contributed by atoms with van der Waals surface area (Å²) in [5.41, 5.74) is 1.02. The van der Waals surface area contributed by atoms with Gasteiger partial charge in [-0.2, -0.15) is 0 Å². The fourth-order valence-electron chi connectivity index (χ4n) is 3.04. The van der Waals surface area contributed by atoms with Crippen molar-refractivity contribution in [1.29, 1.82) is 0 Å². The largest absolute Gasteiger partial charge is 0.493 e. The van der Waals surface area contributed by atoms with Gasteiger partial charge in [-0.1, -0.05) is 18.2 Å². The van der Waals surface area contributed by atoms with Crippen LogP contribution >= 0.6 is 0 Å². The monoisotopic (exact) mass is 274 g/mol. The first-order valence-corrected chi connectivity index (χ1v) is 7.49. The zero-order valence-electron chi connectivity index (χ0n) is 11.9. The Labute approximate surface area is 119 Å². The second kappa shape index (κ2) is 5.83. The van der Waals surface area contributed by atoms with Crippen molar-refractivity contribution in [3.05, 3.63) is 29.8 Å². The maximum Gasteiger partial charge on any atom is 0.228 e. The molecule has 4 nitrogen and oxygen atoms in total. The van der Waals surface area contributed by atoms with Gasteiger partial charge >= 0.3 is 0 Å². The molecule has 0 radical (unpaired) electrons. The summed E-state index contributed by atoms with van der Waals surface area (Å²) in [6.45, 7) is 3.68. The van der Waals surface area contributed by atoms with E-state index in [9.17, 15) is 4.79 Å². The third-order valence-corrected chi connectivity index (χ3v) is 4.28. The molecule has 0 aliphatic carbocycles. The van der Waals surface area contributed by atoms with Gasteiger partial charge in [-0.15, -0.1) is 0 Å². The molecular weight excluding hydrogens is 252 g/mol. The van der Waals surface area contributed by atoms with E-state index in [4.69, 9.17) is 4.74 Å². The Bertz CT molecular complexity index is 481. The van der Waals surface area contributed by atoms with Gasteiger partial charge in [-0.3, -0.25) is 4.79 Å². The predicted octanol–water partition coefficient (Wildman–Crippen LogP) is 1.81. The molecule has 1 aromatic carbocycles. The zero-order valence-corrected chi connectivity index (χ0v) is 11.9. The third-order valence-electron chi connectivity index (χ3n) is 4.28. The number of carbonyl (C=O) groups excluding carboxylic acids is 1. The highest BCUT2D eigenvalue weighted by Crippen LogP contribution is 2.33. The summed E-state index contributed by atoms with van der Waals surface area (Å²) in [6, 6.07) is 8.68. The maximum atomic E-state index is 12.5. The van der Waals surface area contributed by atoms with Crippen LogP contribution in [-0.2, 0) is 4.79 Å². The van der Waals surface area contributed by atoms with Gasteiger partial charge in [0.05, 0.1) is 12.5 Å². The minimum absolute atomic E-state index is 0.0701.